The zero-order valence-corrected chi connectivity index (χ0v) is 30.8. The Morgan fingerprint density at radius 1 is 0.943 bits per heavy atom. The molecule has 2 aromatic carbocycles. The number of fused-ring (bicyclic) bond motifs is 4. The molecule has 0 saturated carbocycles. The lowest BCUT2D eigenvalue weighted by Crippen LogP contribution is -2.60. The molecule has 2 bridgehead atoms. The minimum absolute atomic E-state index is 0.0431. The van der Waals surface area contributed by atoms with Crippen LogP contribution in [0.3, 0.4) is 0 Å². The van der Waals surface area contributed by atoms with Crippen molar-refractivity contribution in [3.8, 4) is 11.5 Å². The summed E-state index contributed by atoms with van der Waals surface area (Å²) in [5, 5.41) is 20.4. The van der Waals surface area contributed by atoms with Crippen LogP contribution in [-0.2, 0) is 41.6 Å². The highest BCUT2D eigenvalue weighted by atomic mass is 35.5. The summed E-state index contributed by atoms with van der Waals surface area (Å²) in [6, 6.07) is 8.84. The summed E-state index contributed by atoms with van der Waals surface area (Å²) in [6.07, 6.45) is -0.700. The van der Waals surface area contributed by atoms with E-state index in [9.17, 15) is 29.1 Å². The molecule has 15 heteroatoms. The minimum atomic E-state index is -1.24. The molecule has 6 atom stereocenters. The molecule has 4 aliphatic rings. The lowest BCUT2D eigenvalue weighted by Gasteiger charge is -2.38. The number of nitrogens with zero attached hydrogens (tertiary/aromatic N) is 2. The topological polar surface area (TPSA) is 176 Å². The number of aliphatic hydroxyl groups excluding tert-OH is 1. The number of halogens is 1. The van der Waals surface area contributed by atoms with Gasteiger partial charge in [-0.25, -0.2) is 0 Å². The van der Waals surface area contributed by atoms with E-state index in [1.807, 2.05) is 44.2 Å². The SMILES string of the molecule is CC(C)C[C@H]1NC(=O)[C@H]2CCCN2C(=O)[C@H](Cc2ccccc2)NC(=O)CN(C(=O)Cc2cc3c(cc2Cl)OCCO3)C[C@H]2OCC[C@H](NC1=O)[C@@H]2O. The molecule has 0 spiro atoms. The van der Waals surface area contributed by atoms with Gasteiger partial charge in [-0.1, -0.05) is 55.8 Å². The average molecular weight is 754 g/mol. The Morgan fingerprint density at radius 3 is 2.42 bits per heavy atom. The monoisotopic (exact) mass is 753 g/mol. The summed E-state index contributed by atoms with van der Waals surface area (Å²) in [4.78, 5) is 72.6. The highest BCUT2D eigenvalue weighted by Gasteiger charge is 2.41. The molecule has 0 radical (unpaired) electrons. The Kier molecular flexibility index (Phi) is 12.4. The first-order chi connectivity index (χ1) is 25.5. The van der Waals surface area contributed by atoms with Crippen LogP contribution in [0.15, 0.2) is 42.5 Å². The first kappa shape index (κ1) is 38.3. The van der Waals surface area contributed by atoms with Crippen LogP contribution >= 0.6 is 11.6 Å². The van der Waals surface area contributed by atoms with Gasteiger partial charge in [0.05, 0.1) is 25.6 Å². The van der Waals surface area contributed by atoms with Gasteiger partial charge in [0.25, 0.3) is 0 Å². The molecule has 5 amide bonds. The number of ether oxygens (including phenoxy) is 3. The van der Waals surface area contributed by atoms with Gasteiger partial charge in [0.15, 0.2) is 11.5 Å². The quantitative estimate of drug-likeness (QED) is 0.340. The zero-order chi connectivity index (χ0) is 37.6. The standard InChI is InChI=1S/C38H48ClN5O9/c1-22(2)15-27-36(48)41-26-10-12-51-32(35(26)47)20-43(34(46)18-24-17-30-31(19-25(24)39)53-14-13-52-30)21-33(45)40-28(16-23-7-4-3-5-8-23)38(50)44-11-6-9-29(44)37(49)42-27/h3-5,7-8,17,19,22,26-29,32,35,47H,6,9-16,18,20-21H2,1-2H3,(H,40,45)(H,41,48)(H,42,49)/t26-,27+,28-,29+,32+,35-/m0/s1. The molecular weight excluding hydrogens is 706 g/mol. The first-order valence-electron chi connectivity index (χ1n) is 18.4. The van der Waals surface area contributed by atoms with Crippen LogP contribution in [0.4, 0.5) is 0 Å². The van der Waals surface area contributed by atoms with Crippen LogP contribution in [0.2, 0.25) is 5.02 Å². The lowest BCUT2D eigenvalue weighted by molar-refractivity contribution is -0.145. The number of hydrogen-bond donors (Lipinski definition) is 4. The van der Waals surface area contributed by atoms with Gasteiger partial charge >= 0.3 is 0 Å². The fourth-order valence-electron chi connectivity index (χ4n) is 7.40. The molecule has 3 fully saturated rings. The fraction of sp³-hybridized carbons (Fsp3) is 0.553. The van der Waals surface area contributed by atoms with E-state index in [0.717, 1.165) is 5.56 Å². The van der Waals surface area contributed by atoms with E-state index in [1.54, 1.807) is 12.1 Å². The Hall–Kier alpha value is -4.40. The smallest absolute Gasteiger partial charge is 0.246 e. The van der Waals surface area contributed by atoms with Crippen molar-refractivity contribution in [3.05, 3.63) is 58.6 Å². The van der Waals surface area contributed by atoms with Gasteiger partial charge in [0.2, 0.25) is 29.5 Å². The minimum Gasteiger partial charge on any atom is -0.486 e. The van der Waals surface area contributed by atoms with E-state index < -0.39 is 72.5 Å². The Morgan fingerprint density at radius 2 is 1.68 bits per heavy atom. The number of hydrogen-bond acceptors (Lipinski definition) is 9. The second kappa shape index (κ2) is 17.2. The number of benzene rings is 2. The molecule has 6 rings (SSSR count). The average Bonchev–Trinajstić information content (AvgIpc) is 3.63. The van der Waals surface area contributed by atoms with Crippen molar-refractivity contribution >= 4 is 41.1 Å². The molecule has 14 nitrogen and oxygen atoms in total. The summed E-state index contributed by atoms with van der Waals surface area (Å²) in [6.45, 7) is 4.39. The number of aliphatic hydroxyl groups is 1. The molecule has 4 N–H and O–H groups in total. The Bertz CT molecular complexity index is 1680. The van der Waals surface area contributed by atoms with Crippen LogP contribution < -0.4 is 25.4 Å². The van der Waals surface area contributed by atoms with Crippen molar-refractivity contribution in [2.24, 2.45) is 5.92 Å². The van der Waals surface area contributed by atoms with Crippen LogP contribution in [-0.4, -0.2) is 120 Å². The predicted octanol–water partition coefficient (Wildman–Crippen LogP) is 1.38. The third-order valence-corrected chi connectivity index (χ3v) is 10.5. The van der Waals surface area contributed by atoms with Crippen molar-refractivity contribution in [3.63, 3.8) is 0 Å². The molecule has 53 heavy (non-hydrogen) atoms. The van der Waals surface area contributed by atoms with E-state index in [2.05, 4.69) is 16.0 Å². The van der Waals surface area contributed by atoms with Gasteiger partial charge in [-0.3, -0.25) is 24.0 Å². The van der Waals surface area contributed by atoms with E-state index in [-0.39, 0.29) is 36.9 Å². The summed E-state index contributed by atoms with van der Waals surface area (Å²) < 4.78 is 17.3. The van der Waals surface area contributed by atoms with Crippen LogP contribution in [0.25, 0.3) is 0 Å². The van der Waals surface area contributed by atoms with Gasteiger partial charge in [-0.15, -0.1) is 0 Å². The van der Waals surface area contributed by atoms with E-state index in [0.29, 0.717) is 62.5 Å². The maximum Gasteiger partial charge on any atom is 0.246 e. The van der Waals surface area contributed by atoms with Crippen LogP contribution in [0, 0.1) is 5.92 Å². The van der Waals surface area contributed by atoms with Crippen molar-refractivity contribution in [2.45, 2.75) is 88.7 Å². The van der Waals surface area contributed by atoms with Crippen molar-refractivity contribution in [1.82, 2.24) is 25.8 Å². The largest absolute Gasteiger partial charge is 0.486 e. The number of carbonyl (C=O) groups excluding carboxylic acids is 5. The van der Waals surface area contributed by atoms with Crippen LogP contribution in [0.5, 0.6) is 11.5 Å². The van der Waals surface area contributed by atoms with E-state index in [4.69, 9.17) is 25.8 Å². The maximum atomic E-state index is 14.3. The molecule has 0 aliphatic carbocycles. The molecule has 286 valence electrons. The van der Waals surface area contributed by atoms with E-state index in [1.165, 1.54) is 9.80 Å². The summed E-state index contributed by atoms with van der Waals surface area (Å²) in [5.74, 6) is -1.50. The molecule has 0 unspecified atom stereocenters. The molecular formula is C38H48ClN5O9. The normalized spacial score (nSPS) is 27.0. The molecule has 2 aromatic rings. The number of nitrogens with one attached hydrogen (secondary N) is 3. The third-order valence-electron chi connectivity index (χ3n) is 10.1. The van der Waals surface area contributed by atoms with Gasteiger partial charge in [-0.2, -0.15) is 0 Å². The van der Waals surface area contributed by atoms with Crippen molar-refractivity contribution in [1.29, 1.82) is 0 Å². The highest BCUT2D eigenvalue weighted by Crippen LogP contribution is 2.36. The van der Waals surface area contributed by atoms with Gasteiger partial charge in [0, 0.05) is 30.7 Å². The van der Waals surface area contributed by atoms with Gasteiger partial charge < -0.3 is 45.1 Å². The zero-order valence-electron chi connectivity index (χ0n) is 30.1. The number of rotatable bonds is 6. The summed E-state index contributed by atoms with van der Waals surface area (Å²) in [7, 11) is 0. The van der Waals surface area contributed by atoms with Gasteiger partial charge in [-0.05, 0) is 48.8 Å². The second-order valence-electron chi connectivity index (χ2n) is 14.5. The number of amides is 5. The van der Waals surface area contributed by atoms with E-state index >= 15 is 0 Å². The predicted molar refractivity (Wildman–Crippen MR) is 193 cm³/mol. The van der Waals surface area contributed by atoms with Crippen LogP contribution in [0.1, 0.15) is 50.7 Å². The van der Waals surface area contributed by atoms with Gasteiger partial charge in [0.1, 0.15) is 43.5 Å². The third kappa shape index (κ3) is 9.40. The molecule has 0 aromatic heterocycles. The fourth-order valence-corrected chi connectivity index (χ4v) is 7.62. The summed E-state index contributed by atoms with van der Waals surface area (Å²) in [5.41, 5.74) is 1.24. The Balaban J connectivity index is 1.33. The van der Waals surface area contributed by atoms with Crippen molar-refractivity contribution < 1.29 is 43.3 Å². The highest BCUT2D eigenvalue weighted by molar-refractivity contribution is 6.31. The first-order valence-corrected chi connectivity index (χ1v) is 18.7. The number of carbonyl (C=O) groups is 5. The molecule has 4 heterocycles. The Labute approximate surface area is 313 Å². The maximum absolute atomic E-state index is 14.3. The molecule has 3 saturated heterocycles. The summed E-state index contributed by atoms with van der Waals surface area (Å²) >= 11 is 6.56. The van der Waals surface area contributed by atoms with Crippen molar-refractivity contribution in [2.75, 3.05) is 39.5 Å². The lowest BCUT2D eigenvalue weighted by atomic mass is 9.97. The molecule has 4 aliphatic heterocycles. The second-order valence-corrected chi connectivity index (χ2v) is 14.9.